The molecule has 1 aromatic carbocycles. The van der Waals surface area contributed by atoms with Crippen molar-refractivity contribution < 1.29 is 18.0 Å². The zero-order chi connectivity index (χ0) is 21.9. The number of hydrogen-bond acceptors (Lipinski definition) is 3. The highest BCUT2D eigenvalue weighted by Crippen LogP contribution is 2.40. The number of hydrogen-bond donors (Lipinski definition) is 0. The summed E-state index contributed by atoms with van der Waals surface area (Å²) in [7, 11) is 0. The molecule has 1 fully saturated rings. The van der Waals surface area contributed by atoms with Crippen LogP contribution >= 0.6 is 0 Å². The summed E-state index contributed by atoms with van der Waals surface area (Å²) < 4.78 is 43.3. The van der Waals surface area contributed by atoms with E-state index in [1.807, 2.05) is 19.1 Å². The van der Waals surface area contributed by atoms with Crippen molar-refractivity contribution >= 4 is 11.6 Å². The number of carbonyl (C=O) groups excluding carboxylic acids is 1. The number of fused-ring (bicyclic) bond motifs is 4. The van der Waals surface area contributed by atoms with Crippen LogP contribution in [0.4, 0.5) is 13.2 Å². The fourth-order valence-electron chi connectivity index (χ4n) is 4.84. The highest BCUT2D eigenvalue weighted by Gasteiger charge is 2.40. The van der Waals surface area contributed by atoms with Crippen molar-refractivity contribution in [1.29, 1.82) is 0 Å². The molecule has 8 heteroatoms. The molecule has 2 unspecified atom stereocenters. The number of rotatable bonds is 1. The van der Waals surface area contributed by atoms with E-state index in [-0.39, 0.29) is 35.3 Å². The summed E-state index contributed by atoms with van der Waals surface area (Å²) in [6.07, 6.45) is -1.97. The molecule has 0 N–H and O–H groups in total. The third kappa shape index (κ3) is 3.28. The summed E-state index contributed by atoms with van der Waals surface area (Å²) in [4.78, 5) is 19.4. The molecule has 31 heavy (non-hydrogen) atoms. The van der Waals surface area contributed by atoms with E-state index in [0.29, 0.717) is 30.1 Å². The second-order valence-corrected chi connectivity index (χ2v) is 8.73. The average Bonchev–Trinajstić information content (AvgIpc) is 3.15. The number of aryl methyl sites for hydroxylation is 1. The molecular formula is C23H23F3N4O. The van der Waals surface area contributed by atoms with Crippen molar-refractivity contribution in [2.75, 3.05) is 6.54 Å². The molecule has 162 valence electrons. The summed E-state index contributed by atoms with van der Waals surface area (Å²) in [6, 6.07) is 8.82. The number of alkyl halides is 3. The Morgan fingerprint density at radius 3 is 2.68 bits per heavy atom. The van der Waals surface area contributed by atoms with Gasteiger partial charge in [0.25, 0.3) is 5.91 Å². The SMILES string of the molecule is CC1CCC(C)N(C(=O)c2cc3nc4c(c(C(F)(F)F)n3n2)CCc2ccccc2-4)C1. The van der Waals surface area contributed by atoms with Crippen LogP contribution in [0.1, 0.15) is 54.0 Å². The molecule has 0 spiro atoms. The minimum atomic E-state index is -4.61. The van der Waals surface area contributed by atoms with Crippen LogP contribution < -0.4 is 0 Å². The van der Waals surface area contributed by atoms with Gasteiger partial charge in [0.05, 0.1) is 5.69 Å². The Morgan fingerprint density at radius 1 is 1.13 bits per heavy atom. The predicted molar refractivity (Wildman–Crippen MR) is 110 cm³/mol. The molecule has 5 nitrogen and oxygen atoms in total. The Balaban J connectivity index is 1.68. The number of benzene rings is 1. The summed E-state index contributed by atoms with van der Waals surface area (Å²) in [5.41, 5.74) is 1.39. The number of aromatic nitrogens is 3. The molecule has 1 aliphatic carbocycles. The van der Waals surface area contributed by atoms with E-state index < -0.39 is 11.9 Å². The molecular weight excluding hydrogens is 405 g/mol. The van der Waals surface area contributed by atoms with Crippen LogP contribution in [-0.4, -0.2) is 38.0 Å². The fraction of sp³-hybridized carbons (Fsp3) is 0.435. The predicted octanol–water partition coefficient (Wildman–Crippen LogP) is 4.77. The van der Waals surface area contributed by atoms with Gasteiger partial charge in [-0.25, -0.2) is 9.50 Å². The lowest BCUT2D eigenvalue weighted by atomic mass is 9.88. The molecule has 2 atom stereocenters. The van der Waals surface area contributed by atoms with E-state index in [9.17, 15) is 18.0 Å². The van der Waals surface area contributed by atoms with Crippen LogP contribution in [0, 0.1) is 5.92 Å². The van der Waals surface area contributed by atoms with Gasteiger partial charge in [-0.1, -0.05) is 31.2 Å². The maximum absolute atomic E-state index is 14.2. The Labute approximate surface area is 177 Å². The first kappa shape index (κ1) is 20.0. The van der Waals surface area contributed by atoms with Gasteiger partial charge in [-0.2, -0.15) is 18.3 Å². The standard InChI is InChI=1S/C23H23F3N4O/c1-13-7-8-14(2)29(12-13)22(31)18-11-19-27-20-16-6-4-3-5-15(16)9-10-17(20)21(23(24,25)26)30(19)28-18/h3-6,11,13-14H,7-10,12H2,1-2H3. The average molecular weight is 428 g/mol. The van der Waals surface area contributed by atoms with E-state index in [0.717, 1.165) is 22.9 Å². The van der Waals surface area contributed by atoms with Gasteiger partial charge in [0.1, 0.15) is 0 Å². The molecule has 1 saturated heterocycles. The minimum Gasteiger partial charge on any atom is -0.334 e. The lowest BCUT2D eigenvalue weighted by molar-refractivity contribution is -0.143. The smallest absolute Gasteiger partial charge is 0.334 e. The minimum absolute atomic E-state index is 0.00887. The zero-order valence-corrected chi connectivity index (χ0v) is 17.4. The number of amides is 1. The highest BCUT2D eigenvalue weighted by molar-refractivity contribution is 5.93. The molecule has 0 bridgehead atoms. The van der Waals surface area contributed by atoms with E-state index >= 15 is 0 Å². The largest absolute Gasteiger partial charge is 0.433 e. The third-order valence-corrected chi connectivity index (χ3v) is 6.48. The van der Waals surface area contributed by atoms with Crippen LogP contribution in [0.3, 0.4) is 0 Å². The maximum Gasteiger partial charge on any atom is 0.433 e. The van der Waals surface area contributed by atoms with Crippen molar-refractivity contribution in [3.05, 3.63) is 52.8 Å². The zero-order valence-electron chi connectivity index (χ0n) is 17.4. The van der Waals surface area contributed by atoms with E-state index in [1.54, 1.807) is 17.0 Å². The van der Waals surface area contributed by atoms with Crippen LogP contribution in [0.25, 0.3) is 16.9 Å². The van der Waals surface area contributed by atoms with Crippen molar-refractivity contribution in [2.24, 2.45) is 5.92 Å². The highest BCUT2D eigenvalue weighted by atomic mass is 19.4. The summed E-state index contributed by atoms with van der Waals surface area (Å²) in [5, 5.41) is 4.12. The van der Waals surface area contributed by atoms with Gasteiger partial charge in [-0.15, -0.1) is 0 Å². The Hall–Kier alpha value is -2.90. The molecule has 1 amide bonds. The number of likely N-dealkylation sites (tertiary alicyclic amines) is 1. The molecule has 0 radical (unpaired) electrons. The second-order valence-electron chi connectivity index (χ2n) is 8.73. The van der Waals surface area contributed by atoms with E-state index in [2.05, 4.69) is 17.0 Å². The van der Waals surface area contributed by atoms with Gasteiger partial charge >= 0.3 is 6.18 Å². The maximum atomic E-state index is 14.2. The lowest BCUT2D eigenvalue weighted by Gasteiger charge is -2.36. The van der Waals surface area contributed by atoms with Crippen molar-refractivity contribution in [2.45, 2.75) is 51.7 Å². The first-order valence-corrected chi connectivity index (χ1v) is 10.6. The van der Waals surface area contributed by atoms with E-state index in [4.69, 9.17) is 0 Å². The van der Waals surface area contributed by atoms with Crippen molar-refractivity contribution in [3.63, 3.8) is 0 Å². The molecule has 1 aliphatic heterocycles. The molecule has 3 heterocycles. The van der Waals surface area contributed by atoms with Crippen LogP contribution in [0.5, 0.6) is 0 Å². The van der Waals surface area contributed by atoms with Gasteiger partial charge in [0.2, 0.25) is 0 Å². The molecule has 5 rings (SSSR count). The number of carbonyl (C=O) groups is 1. The van der Waals surface area contributed by atoms with Gasteiger partial charge in [-0.3, -0.25) is 4.79 Å². The summed E-state index contributed by atoms with van der Waals surface area (Å²) in [6.45, 7) is 4.62. The van der Waals surface area contributed by atoms with Crippen LogP contribution in [0.2, 0.25) is 0 Å². The fourth-order valence-corrected chi connectivity index (χ4v) is 4.84. The molecule has 0 saturated carbocycles. The quantitative estimate of drug-likeness (QED) is 0.561. The van der Waals surface area contributed by atoms with Gasteiger partial charge in [-0.05, 0) is 44.1 Å². The van der Waals surface area contributed by atoms with Gasteiger partial charge in [0.15, 0.2) is 17.0 Å². The van der Waals surface area contributed by atoms with E-state index in [1.165, 1.54) is 6.07 Å². The van der Waals surface area contributed by atoms with Gasteiger partial charge < -0.3 is 4.90 Å². The van der Waals surface area contributed by atoms with Gasteiger partial charge in [0, 0.05) is 29.8 Å². The van der Waals surface area contributed by atoms with Crippen LogP contribution in [-0.2, 0) is 19.0 Å². The van der Waals surface area contributed by atoms with Crippen molar-refractivity contribution in [1.82, 2.24) is 19.5 Å². The number of nitrogens with zero attached hydrogens (tertiary/aromatic N) is 4. The lowest BCUT2D eigenvalue weighted by Crippen LogP contribution is -2.45. The summed E-state index contributed by atoms with van der Waals surface area (Å²) >= 11 is 0. The Bertz CT molecular complexity index is 1180. The third-order valence-electron chi connectivity index (χ3n) is 6.48. The van der Waals surface area contributed by atoms with Crippen LogP contribution in [0.15, 0.2) is 30.3 Å². The van der Waals surface area contributed by atoms with Crippen molar-refractivity contribution in [3.8, 4) is 11.3 Å². The normalized spacial score (nSPS) is 21.1. The monoisotopic (exact) mass is 428 g/mol. The molecule has 2 aliphatic rings. The molecule has 2 aromatic heterocycles. The second kappa shape index (κ2) is 7.07. The Morgan fingerprint density at radius 2 is 1.90 bits per heavy atom. The first-order valence-electron chi connectivity index (χ1n) is 10.6. The topological polar surface area (TPSA) is 50.5 Å². The number of halogens is 3. The number of piperidine rings is 1. The first-order chi connectivity index (χ1) is 14.7. The Kier molecular flexibility index (Phi) is 4.57. The molecule has 3 aromatic rings. The summed E-state index contributed by atoms with van der Waals surface area (Å²) in [5.74, 6) is 0.0147.